The largest absolute Gasteiger partial charge is 0.381 e. The molecule has 1 aromatic heterocycles. The summed E-state index contributed by atoms with van der Waals surface area (Å²) in [6.45, 7) is 7.81. The van der Waals surface area contributed by atoms with Gasteiger partial charge in [0.05, 0.1) is 11.9 Å². The normalized spacial score (nSPS) is 14.8. The molecular weight excluding hydrogens is 320 g/mol. The van der Waals surface area contributed by atoms with Gasteiger partial charge in [-0.3, -0.25) is 9.69 Å². The first-order valence-electron chi connectivity index (χ1n) is 7.40. The molecule has 0 spiro atoms. The Labute approximate surface area is 128 Å². The minimum Gasteiger partial charge on any atom is -0.381 e. The molecule has 20 heavy (non-hydrogen) atoms. The van der Waals surface area contributed by atoms with E-state index >= 15 is 0 Å². The first kappa shape index (κ1) is 15.5. The van der Waals surface area contributed by atoms with Gasteiger partial charge in [0, 0.05) is 25.7 Å². The first-order valence-corrected chi connectivity index (χ1v) is 8.20. The van der Waals surface area contributed by atoms with Crippen molar-refractivity contribution in [1.29, 1.82) is 0 Å². The number of rotatable bonds is 8. The first-order chi connectivity index (χ1) is 9.67. The molecule has 1 N–H and O–H groups in total. The maximum absolute atomic E-state index is 12.1. The monoisotopic (exact) mass is 342 g/mol. The maximum Gasteiger partial charge on any atom is 0.283 e. The van der Waals surface area contributed by atoms with Crippen LogP contribution in [0.3, 0.4) is 0 Å². The van der Waals surface area contributed by atoms with Crippen LogP contribution in [-0.2, 0) is 6.54 Å². The zero-order valence-corrected chi connectivity index (χ0v) is 13.8. The summed E-state index contributed by atoms with van der Waals surface area (Å²) in [7, 11) is 0. The average Bonchev–Trinajstić information content (AvgIpc) is 3.27. The molecule has 6 heteroatoms. The minimum absolute atomic E-state index is 0.0635. The van der Waals surface area contributed by atoms with Crippen LogP contribution in [0.5, 0.6) is 0 Å². The van der Waals surface area contributed by atoms with Crippen LogP contribution in [0.15, 0.2) is 15.5 Å². The Balaban J connectivity index is 1.92. The number of aryl methyl sites for hydroxylation is 1. The molecule has 1 heterocycles. The van der Waals surface area contributed by atoms with E-state index in [1.165, 1.54) is 17.5 Å². The fourth-order valence-electron chi connectivity index (χ4n) is 2.33. The van der Waals surface area contributed by atoms with Crippen molar-refractivity contribution >= 4 is 21.6 Å². The van der Waals surface area contributed by atoms with Crippen LogP contribution >= 0.6 is 15.9 Å². The van der Waals surface area contributed by atoms with E-state index in [2.05, 4.69) is 38.2 Å². The molecular formula is C14H23BrN4O. The Morgan fingerprint density at radius 1 is 1.50 bits per heavy atom. The fourth-order valence-corrected chi connectivity index (χ4v) is 2.78. The zero-order valence-electron chi connectivity index (χ0n) is 12.2. The molecule has 1 aliphatic carbocycles. The number of halogens is 1. The van der Waals surface area contributed by atoms with Crippen molar-refractivity contribution < 1.29 is 0 Å². The molecule has 2 rings (SSSR count). The van der Waals surface area contributed by atoms with Gasteiger partial charge in [-0.05, 0) is 41.7 Å². The molecule has 0 unspecified atom stereocenters. The highest BCUT2D eigenvalue weighted by Gasteiger charge is 2.27. The summed E-state index contributed by atoms with van der Waals surface area (Å²) in [6.07, 6.45) is 5.28. The average molecular weight is 343 g/mol. The van der Waals surface area contributed by atoms with E-state index in [0.29, 0.717) is 11.0 Å². The second kappa shape index (κ2) is 7.22. The molecule has 112 valence electrons. The number of nitrogens with zero attached hydrogens (tertiary/aromatic N) is 3. The summed E-state index contributed by atoms with van der Waals surface area (Å²) in [6, 6.07) is 0.779. The van der Waals surface area contributed by atoms with Crippen molar-refractivity contribution in [2.75, 3.05) is 25.0 Å². The van der Waals surface area contributed by atoms with Gasteiger partial charge in [-0.15, -0.1) is 0 Å². The molecule has 5 nitrogen and oxygen atoms in total. The number of likely N-dealkylation sites (N-methyl/N-ethyl adjacent to an activating group) is 1. The van der Waals surface area contributed by atoms with E-state index in [9.17, 15) is 4.79 Å². The second-order valence-corrected chi connectivity index (χ2v) is 5.98. The molecule has 1 saturated carbocycles. The van der Waals surface area contributed by atoms with Crippen molar-refractivity contribution in [1.82, 2.24) is 14.7 Å². The minimum atomic E-state index is -0.0635. The van der Waals surface area contributed by atoms with E-state index in [0.717, 1.165) is 37.8 Å². The molecule has 0 bridgehead atoms. The molecule has 1 aromatic rings. The summed E-state index contributed by atoms with van der Waals surface area (Å²) in [5, 5.41) is 7.50. The lowest BCUT2D eigenvalue weighted by atomic mass is 10.4. The molecule has 1 aliphatic rings. The third-order valence-electron chi connectivity index (χ3n) is 3.60. The highest BCUT2D eigenvalue weighted by atomic mass is 79.9. The van der Waals surface area contributed by atoms with Gasteiger partial charge in [-0.25, -0.2) is 4.68 Å². The van der Waals surface area contributed by atoms with Crippen LogP contribution in [-0.4, -0.2) is 40.4 Å². The number of hydrogen-bond acceptors (Lipinski definition) is 4. The van der Waals surface area contributed by atoms with E-state index < -0.39 is 0 Å². The van der Waals surface area contributed by atoms with Gasteiger partial charge in [0.2, 0.25) is 0 Å². The van der Waals surface area contributed by atoms with Gasteiger partial charge in [-0.2, -0.15) is 5.10 Å². The highest BCUT2D eigenvalue weighted by molar-refractivity contribution is 9.10. The third-order valence-corrected chi connectivity index (χ3v) is 4.37. The van der Waals surface area contributed by atoms with Crippen LogP contribution in [0, 0.1) is 0 Å². The van der Waals surface area contributed by atoms with E-state index in [-0.39, 0.29) is 5.56 Å². The number of hydrogen-bond donors (Lipinski definition) is 1. The second-order valence-electron chi connectivity index (χ2n) is 5.19. The summed E-state index contributed by atoms with van der Waals surface area (Å²) in [4.78, 5) is 14.5. The third kappa shape index (κ3) is 3.82. The summed E-state index contributed by atoms with van der Waals surface area (Å²) in [5.74, 6) is 0. The SMILES string of the molecule is CCCn1ncc(NCCN(CC)C2CC2)c(Br)c1=O. The summed E-state index contributed by atoms with van der Waals surface area (Å²) < 4.78 is 2.08. The van der Waals surface area contributed by atoms with Crippen molar-refractivity contribution in [3.05, 3.63) is 21.0 Å². The Bertz CT molecular complexity index is 498. The van der Waals surface area contributed by atoms with Crippen LogP contribution in [0.4, 0.5) is 5.69 Å². The van der Waals surface area contributed by atoms with Gasteiger partial charge in [0.1, 0.15) is 4.47 Å². The maximum atomic E-state index is 12.1. The van der Waals surface area contributed by atoms with Gasteiger partial charge >= 0.3 is 0 Å². The Hall–Kier alpha value is -0.880. The molecule has 1 fully saturated rings. The van der Waals surface area contributed by atoms with Gasteiger partial charge in [-0.1, -0.05) is 13.8 Å². The number of nitrogens with one attached hydrogen (secondary N) is 1. The van der Waals surface area contributed by atoms with Gasteiger partial charge in [0.25, 0.3) is 5.56 Å². The Morgan fingerprint density at radius 2 is 2.25 bits per heavy atom. The van der Waals surface area contributed by atoms with E-state index in [4.69, 9.17) is 0 Å². The van der Waals surface area contributed by atoms with E-state index in [1.54, 1.807) is 6.20 Å². The molecule has 0 aliphatic heterocycles. The molecule has 0 saturated heterocycles. The predicted octanol–water partition coefficient (Wildman–Crippen LogP) is 2.31. The van der Waals surface area contributed by atoms with Crippen molar-refractivity contribution in [2.45, 2.75) is 45.7 Å². The topological polar surface area (TPSA) is 50.2 Å². The number of anilines is 1. The Kier molecular flexibility index (Phi) is 5.60. The summed E-state index contributed by atoms with van der Waals surface area (Å²) in [5.41, 5.74) is 0.723. The Morgan fingerprint density at radius 3 is 2.85 bits per heavy atom. The lowest BCUT2D eigenvalue weighted by Gasteiger charge is -2.20. The predicted molar refractivity (Wildman–Crippen MR) is 85.2 cm³/mol. The molecule has 0 aromatic carbocycles. The van der Waals surface area contributed by atoms with Gasteiger partial charge < -0.3 is 5.32 Å². The molecule has 0 atom stereocenters. The van der Waals surface area contributed by atoms with Crippen LogP contribution in [0.2, 0.25) is 0 Å². The van der Waals surface area contributed by atoms with E-state index in [1.807, 2.05) is 6.92 Å². The van der Waals surface area contributed by atoms with Crippen molar-refractivity contribution in [2.24, 2.45) is 0 Å². The summed E-state index contributed by atoms with van der Waals surface area (Å²) >= 11 is 3.38. The standard InChI is InChI=1S/C14H23BrN4O/c1-3-8-19-14(20)13(15)12(10-17-19)16-7-9-18(4-2)11-5-6-11/h10-11,16H,3-9H2,1-2H3. The lowest BCUT2D eigenvalue weighted by Crippen LogP contribution is -2.31. The number of aromatic nitrogens is 2. The zero-order chi connectivity index (χ0) is 14.5. The molecule has 0 amide bonds. The van der Waals surface area contributed by atoms with Crippen molar-refractivity contribution in [3.8, 4) is 0 Å². The van der Waals surface area contributed by atoms with Gasteiger partial charge in [0.15, 0.2) is 0 Å². The fraction of sp³-hybridized carbons (Fsp3) is 0.714. The molecule has 0 radical (unpaired) electrons. The highest BCUT2D eigenvalue weighted by Crippen LogP contribution is 2.26. The van der Waals surface area contributed by atoms with Crippen molar-refractivity contribution in [3.63, 3.8) is 0 Å². The lowest BCUT2D eigenvalue weighted by molar-refractivity contribution is 0.289. The van der Waals surface area contributed by atoms with Crippen LogP contribution in [0.1, 0.15) is 33.1 Å². The smallest absolute Gasteiger partial charge is 0.283 e. The van der Waals surface area contributed by atoms with Crippen LogP contribution in [0.25, 0.3) is 0 Å². The quantitative estimate of drug-likeness (QED) is 0.787. The van der Waals surface area contributed by atoms with Crippen LogP contribution < -0.4 is 10.9 Å².